The first-order valence-electron chi connectivity index (χ1n) is 8.64. The Morgan fingerprint density at radius 3 is 2.69 bits per heavy atom. The fourth-order valence-corrected chi connectivity index (χ4v) is 3.88. The summed E-state index contributed by atoms with van der Waals surface area (Å²) in [5.74, 6) is -1.62. The number of carbonyl (C=O) groups is 2. The van der Waals surface area contributed by atoms with Crippen LogP contribution in [0.15, 0.2) is 28.8 Å². The lowest BCUT2D eigenvalue weighted by atomic mass is 10.2. The molecule has 0 atom stereocenters. The van der Waals surface area contributed by atoms with Gasteiger partial charge in [-0.3, -0.25) is 10.1 Å². The third-order valence-electron chi connectivity index (χ3n) is 4.29. The van der Waals surface area contributed by atoms with E-state index in [1.54, 1.807) is 6.92 Å². The van der Waals surface area contributed by atoms with Crippen LogP contribution in [0.4, 0.5) is 24.4 Å². The van der Waals surface area contributed by atoms with Gasteiger partial charge in [0.25, 0.3) is 5.91 Å². The maximum atomic E-state index is 13.8. The molecule has 0 fully saturated rings. The van der Waals surface area contributed by atoms with E-state index in [1.807, 2.05) is 0 Å². The molecule has 150 valence electrons. The topological polar surface area (TPSA) is 100 Å². The Hall–Kier alpha value is -3.34. The van der Waals surface area contributed by atoms with Gasteiger partial charge in [-0.05, 0) is 19.1 Å². The molecule has 0 saturated heterocycles. The van der Waals surface area contributed by atoms with Crippen LogP contribution in [0.1, 0.15) is 26.8 Å². The number of carbonyl (C=O) groups excluding carboxylic acids is 2. The summed E-state index contributed by atoms with van der Waals surface area (Å²) in [4.78, 5) is 31.2. The molecule has 11 heteroatoms. The van der Waals surface area contributed by atoms with Crippen LogP contribution in [0.3, 0.4) is 0 Å². The normalized spacial score (nSPS) is 13.1. The zero-order valence-electron chi connectivity index (χ0n) is 15.2. The Balaban J connectivity index is 1.43. The quantitative estimate of drug-likeness (QED) is 0.676. The summed E-state index contributed by atoms with van der Waals surface area (Å²) in [5, 5.41) is 8.96. The molecule has 1 aliphatic rings. The first-order valence-corrected chi connectivity index (χ1v) is 9.45. The second kappa shape index (κ2) is 7.59. The molecule has 2 aromatic heterocycles. The second-order valence-electron chi connectivity index (χ2n) is 6.36. The molecule has 0 spiro atoms. The van der Waals surface area contributed by atoms with Crippen molar-refractivity contribution in [1.82, 2.24) is 15.0 Å². The van der Waals surface area contributed by atoms with Crippen molar-refractivity contribution in [3.63, 3.8) is 0 Å². The molecule has 8 nitrogen and oxygen atoms in total. The summed E-state index contributed by atoms with van der Waals surface area (Å²) in [5.41, 5.74) is 0.426. The molecule has 0 unspecified atom stereocenters. The molecule has 4 rings (SSSR count). The van der Waals surface area contributed by atoms with Crippen LogP contribution in [0, 0.1) is 18.6 Å². The van der Waals surface area contributed by atoms with Crippen LogP contribution in [0.25, 0.3) is 0 Å². The fraction of sp³-hybridized carbons (Fsp3) is 0.222. The minimum absolute atomic E-state index is 0.142. The van der Waals surface area contributed by atoms with Crippen molar-refractivity contribution in [1.29, 1.82) is 0 Å². The van der Waals surface area contributed by atoms with E-state index < -0.39 is 29.3 Å². The molecule has 2 N–H and O–H groups in total. The van der Waals surface area contributed by atoms with Gasteiger partial charge in [-0.25, -0.2) is 18.6 Å². The van der Waals surface area contributed by atoms with E-state index in [2.05, 4.69) is 20.8 Å². The van der Waals surface area contributed by atoms with Crippen LogP contribution >= 0.6 is 11.3 Å². The Bertz CT molecular complexity index is 1080. The average Bonchev–Trinajstić information content (AvgIpc) is 3.29. The highest BCUT2D eigenvalue weighted by molar-refractivity contribution is 7.15. The smallest absolute Gasteiger partial charge is 0.322 e. The maximum Gasteiger partial charge on any atom is 0.322 e. The van der Waals surface area contributed by atoms with E-state index in [9.17, 15) is 18.4 Å². The van der Waals surface area contributed by atoms with Gasteiger partial charge >= 0.3 is 6.03 Å². The molecular weight excluding hydrogens is 404 g/mol. The molecular formula is C18H15F2N5O3S. The molecule has 0 saturated carbocycles. The number of hydrogen-bond acceptors (Lipinski definition) is 6. The molecule has 0 bridgehead atoms. The number of halogens is 2. The van der Waals surface area contributed by atoms with Crippen LogP contribution < -0.4 is 10.6 Å². The number of aryl methyl sites for hydroxylation is 1. The molecule has 0 radical (unpaired) electrons. The number of thiazole rings is 1. The lowest BCUT2D eigenvalue weighted by molar-refractivity contribution is 0.101. The van der Waals surface area contributed by atoms with Crippen molar-refractivity contribution in [3.8, 4) is 0 Å². The van der Waals surface area contributed by atoms with Gasteiger partial charge in [0, 0.05) is 23.9 Å². The van der Waals surface area contributed by atoms with E-state index in [1.165, 1.54) is 28.4 Å². The zero-order chi connectivity index (χ0) is 20.5. The SMILES string of the molecule is Cc1cc(C(=O)Nc2nc3c(s2)CN(C(=O)Nc2c(F)cccc2F)CC3)no1. The Kier molecular flexibility index (Phi) is 4.97. The van der Waals surface area contributed by atoms with Crippen molar-refractivity contribution in [2.45, 2.75) is 19.9 Å². The number of fused-ring (bicyclic) bond motifs is 1. The zero-order valence-corrected chi connectivity index (χ0v) is 16.0. The predicted octanol–water partition coefficient (Wildman–Crippen LogP) is 3.56. The first-order chi connectivity index (χ1) is 13.9. The van der Waals surface area contributed by atoms with Gasteiger partial charge in [-0.1, -0.05) is 22.6 Å². The van der Waals surface area contributed by atoms with Crippen molar-refractivity contribution in [3.05, 3.63) is 57.9 Å². The van der Waals surface area contributed by atoms with E-state index in [4.69, 9.17) is 4.52 Å². The Morgan fingerprint density at radius 2 is 2.00 bits per heavy atom. The fourth-order valence-electron chi connectivity index (χ4n) is 2.86. The average molecular weight is 419 g/mol. The number of benzene rings is 1. The monoisotopic (exact) mass is 419 g/mol. The molecule has 3 amide bonds. The number of aromatic nitrogens is 2. The number of rotatable bonds is 3. The van der Waals surface area contributed by atoms with Gasteiger partial charge in [0.15, 0.2) is 10.8 Å². The van der Waals surface area contributed by atoms with Gasteiger partial charge in [-0.2, -0.15) is 0 Å². The van der Waals surface area contributed by atoms with Crippen LogP contribution in [0.2, 0.25) is 0 Å². The van der Waals surface area contributed by atoms with Crippen LogP contribution in [-0.4, -0.2) is 33.5 Å². The number of nitrogens with one attached hydrogen (secondary N) is 2. The molecule has 1 aliphatic heterocycles. The van der Waals surface area contributed by atoms with Crippen molar-refractivity contribution in [2.24, 2.45) is 0 Å². The highest BCUT2D eigenvalue weighted by Crippen LogP contribution is 2.29. The molecule has 3 heterocycles. The van der Waals surface area contributed by atoms with Gasteiger partial charge in [-0.15, -0.1) is 0 Å². The van der Waals surface area contributed by atoms with E-state index in [0.29, 0.717) is 23.9 Å². The minimum atomic E-state index is -0.845. The lowest BCUT2D eigenvalue weighted by Crippen LogP contribution is -2.38. The maximum absolute atomic E-state index is 13.8. The molecule has 1 aromatic carbocycles. The summed E-state index contributed by atoms with van der Waals surface area (Å²) in [6.07, 6.45) is 0.456. The third kappa shape index (κ3) is 3.94. The lowest BCUT2D eigenvalue weighted by Gasteiger charge is -2.26. The summed E-state index contributed by atoms with van der Waals surface area (Å²) in [6.45, 7) is 2.22. The summed E-state index contributed by atoms with van der Waals surface area (Å²) >= 11 is 1.23. The minimum Gasteiger partial charge on any atom is -0.361 e. The number of urea groups is 1. The predicted molar refractivity (Wildman–Crippen MR) is 101 cm³/mol. The second-order valence-corrected chi connectivity index (χ2v) is 7.45. The highest BCUT2D eigenvalue weighted by Gasteiger charge is 2.26. The summed E-state index contributed by atoms with van der Waals surface area (Å²) in [7, 11) is 0. The van der Waals surface area contributed by atoms with E-state index >= 15 is 0 Å². The highest BCUT2D eigenvalue weighted by atomic mass is 32.1. The van der Waals surface area contributed by atoms with Crippen molar-refractivity contribution in [2.75, 3.05) is 17.2 Å². The van der Waals surface area contributed by atoms with Crippen LogP contribution in [-0.2, 0) is 13.0 Å². The van der Waals surface area contributed by atoms with Gasteiger partial charge < -0.3 is 14.7 Å². The van der Waals surface area contributed by atoms with Crippen molar-refractivity contribution >= 4 is 34.1 Å². The first kappa shape index (κ1) is 19.0. The molecule has 29 heavy (non-hydrogen) atoms. The van der Waals surface area contributed by atoms with Gasteiger partial charge in [0.2, 0.25) is 0 Å². The summed E-state index contributed by atoms with van der Waals surface area (Å²) in [6, 6.07) is 4.26. The number of para-hydroxylation sites is 1. The van der Waals surface area contributed by atoms with Gasteiger partial charge in [0.05, 0.1) is 12.2 Å². The molecule has 0 aliphatic carbocycles. The number of hydrogen-bond donors (Lipinski definition) is 2. The van der Waals surface area contributed by atoms with Crippen molar-refractivity contribution < 1.29 is 22.9 Å². The van der Waals surface area contributed by atoms with E-state index in [-0.39, 0.29) is 12.2 Å². The Morgan fingerprint density at radius 1 is 1.24 bits per heavy atom. The Labute approximate surface area is 167 Å². The standard InChI is InChI=1S/C18H15F2N5O3S/c1-9-7-13(24-28-9)16(26)23-17-21-12-5-6-25(8-14(12)29-17)18(27)22-15-10(19)3-2-4-11(15)20/h2-4,7H,5-6,8H2,1H3,(H,22,27)(H,21,23,26). The molecule has 3 aromatic rings. The van der Waals surface area contributed by atoms with Crippen LogP contribution in [0.5, 0.6) is 0 Å². The summed E-state index contributed by atoms with van der Waals surface area (Å²) < 4.78 is 32.4. The number of nitrogens with zero attached hydrogens (tertiary/aromatic N) is 3. The number of anilines is 2. The third-order valence-corrected chi connectivity index (χ3v) is 5.29. The largest absolute Gasteiger partial charge is 0.361 e. The van der Waals surface area contributed by atoms with E-state index in [0.717, 1.165) is 22.7 Å². The van der Waals surface area contributed by atoms with Gasteiger partial charge in [0.1, 0.15) is 23.1 Å². The number of amides is 3.